The molecule has 0 aromatic rings. The van der Waals surface area contributed by atoms with E-state index in [1.54, 1.807) is 0 Å². The van der Waals surface area contributed by atoms with E-state index < -0.39 is 12.0 Å². The van der Waals surface area contributed by atoms with Crippen LogP contribution in [-0.2, 0) is 14.4 Å². The second-order valence-corrected chi connectivity index (χ2v) is 16.5. The predicted octanol–water partition coefficient (Wildman–Crippen LogP) is 14.0. The summed E-state index contributed by atoms with van der Waals surface area (Å²) in [7, 11) is 0. The quantitative estimate of drug-likeness (QED) is 0.0529. The number of hydrogen-bond acceptors (Lipinski definition) is 5. The highest BCUT2D eigenvalue weighted by Crippen LogP contribution is 2.19. The van der Waals surface area contributed by atoms with Gasteiger partial charge in [-0.2, -0.15) is 0 Å². The summed E-state index contributed by atoms with van der Waals surface area (Å²) in [6.07, 6.45) is 45.5. The Hall–Kier alpha value is -1.47. The largest absolute Gasteiger partial charge is 0.480 e. The minimum atomic E-state index is -1.09. The van der Waals surface area contributed by atoms with Gasteiger partial charge in [-0.05, 0) is 51.6 Å². The van der Waals surface area contributed by atoms with Gasteiger partial charge in [0.05, 0.1) is 0 Å². The maximum Gasteiger partial charge on any atom is 0.326 e. The third kappa shape index (κ3) is 40.5. The molecule has 7 nitrogen and oxygen atoms in total. The normalized spacial score (nSPS) is 11.7. The molecule has 0 aliphatic carbocycles. The van der Waals surface area contributed by atoms with Gasteiger partial charge in [0.25, 0.3) is 0 Å². The highest BCUT2D eigenvalue weighted by molar-refractivity contribution is 5.99. The fraction of sp³-hybridized carbons (Fsp3) is 0.938. The summed E-state index contributed by atoms with van der Waals surface area (Å²) in [6, 6.07) is -1.08. The number of carboxylic acid groups (broad SMARTS) is 1. The second kappa shape index (κ2) is 46.9. The lowest BCUT2D eigenvalue weighted by atomic mass is 10.0. The van der Waals surface area contributed by atoms with Crippen molar-refractivity contribution in [2.75, 3.05) is 13.1 Å². The Kier molecular flexibility index (Phi) is 47.4. The molecule has 0 spiro atoms. The van der Waals surface area contributed by atoms with Crippen LogP contribution in [0.15, 0.2) is 0 Å². The average Bonchev–Trinajstić information content (AvgIpc) is 3.18. The molecule has 2 amide bonds. The molecule has 5 N–H and O–H groups in total. The first kappa shape index (κ1) is 55.6. The van der Waals surface area contributed by atoms with E-state index in [1.165, 1.54) is 180 Å². The lowest BCUT2D eigenvalue weighted by molar-refractivity contribution is -0.158. The Morgan fingerprint density at radius 3 is 0.873 bits per heavy atom. The van der Waals surface area contributed by atoms with Gasteiger partial charge < -0.3 is 16.6 Å². The molecule has 328 valence electrons. The van der Waals surface area contributed by atoms with Crippen molar-refractivity contribution in [3.8, 4) is 0 Å². The fourth-order valence-electron chi connectivity index (χ4n) is 7.44. The zero-order valence-electron chi connectivity index (χ0n) is 37.3. The molecule has 7 heteroatoms. The highest BCUT2D eigenvalue weighted by atomic mass is 16.4. The summed E-state index contributed by atoms with van der Waals surface area (Å²) in [4.78, 5) is 39.2. The Morgan fingerprint density at radius 2 is 0.618 bits per heavy atom. The van der Waals surface area contributed by atoms with E-state index in [4.69, 9.17) is 11.5 Å². The number of carbonyl (C=O) groups is 3. The van der Waals surface area contributed by atoms with Gasteiger partial charge in [0.15, 0.2) is 0 Å². The number of amides is 2. The first-order chi connectivity index (χ1) is 26.9. The van der Waals surface area contributed by atoms with Crippen molar-refractivity contribution in [3.63, 3.8) is 0 Å². The highest BCUT2D eigenvalue weighted by Gasteiger charge is 2.33. The Morgan fingerprint density at radius 1 is 0.382 bits per heavy atom. The summed E-state index contributed by atoms with van der Waals surface area (Å²) in [6.45, 7) is 8.07. The number of nitrogens with two attached hydrogens (primary N) is 2. The first-order valence-corrected chi connectivity index (χ1v) is 24.4. The Balaban J connectivity index is 0. The molecule has 0 aliphatic heterocycles. The minimum Gasteiger partial charge on any atom is -0.480 e. The molecular weight excluding hydrogens is 683 g/mol. The lowest BCUT2D eigenvalue weighted by Gasteiger charge is -2.27. The van der Waals surface area contributed by atoms with Crippen LogP contribution in [-0.4, -0.2) is 46.9 Å². The molecule has 0 bridgehead atoms. The van der Waals surface area contributed by atoms with Gasteiger partial charge in [-0.15, -0.1) is 0 Å². The third-order valence-electron chi connectivity index (χ3n) is 11.1. The first-order valence-electron chi connectivity index (χ1n) is 24.4. The van der Waals surface area contributed by atoms with E-state index in [2.05, 4.69) is 20.8 Å². The maximum atomic E-state index is 13.0. The van der Waals surface area contributed by atoms with Crippen molar-refractivity contribution in [1.29, 1.82) is 0 Å². The van der Waals surface area contributed by atoms with Crippen LogP contribution in [0.5, 0.6) is 0 Å². The van der Waals surface area contributed by atoms with Crippen LogP contribution in [0.4, 0.5) is 0 Å². The fourth-order valence-corrected chi connectivity index (χ4v) is 7.44. The number of rotatable bonds is 42. The van der Waals surface area contributed by atoms with Gasteiger partial charge in [0.1, 0.15) is 6.04 Å². The van der Waals surface area contributed by atoms with Crippen LogP contribution < -0.4 is 11.5 Å². The number of aliphatic carboxylic acids is 1. The van der Waals surface area contributed by atoms with Crippen LogP contribution in [0.25, 0.3) is 0 Å². The van der Waals surface area contributed by atoms with E-state index in [-0.39, 0.29) is 31.1 Å². The molecular formula is C48H97N3O4. The number of carboxylic acids is 1. The maximum absolute atomic E-state index is 13.0. The van der Waals surface area contributed by atoms with E-state index in [0.717, 1.165) is 37.1 Å². The monoisotopic (exact) mass is 780 g/mol. The zero-order chi connectivity index (χ0) is 40.9. The van der Waals surface area contributed by atoms with Gasteiger partial charge in [-0.3, -0.25) is 14.5 Å². The molecule has 0 fully saturated rings. The number of nitrogens with zero attached hydrogens (tertiary/aromatic N) is 1. The number of imide groups is 1. The molecule has 0 saturated carbocycles. The topological polar surface area (TPSA) is 127 Å². The summed E-state index contributed by atoms with van der Waals surface area (Å²) in [5, 5.41) is 9.82. The molecule has 0 unspecified atom stereocenters. The van der Waals surface area contributed by atoms with Crippen molar-refractivity contribution in [1.82, 2.24) is 4.90 Å². The molecule has 0 saturated heterocycles. The number of carbonyl (C=O) groups excluding carboxylic acids is 2. The van der Waals surface area contributed by atoms with Crippen LogP contribution in [0.1, 0.15) is 271 Å². The van der Waals surface area contributed by atoms with Crippen LogP contribution >= 0.6 is 0 Å². The Labute approximate surface area is 343 Å². The molecule has 0 aromatic carbocycles. The summed E-state index contributed by atoms with van der Waals surface area (Å²) >= 11 is 0. The van der Waals surface area contributed by atoms with E-state index >= 15 is 0 Å². The van der Waals surface area contributed by atoms with Crippen molar-refractivity contribution >= 4 is 17.8 Å². The molecule has 0 rings (SSSR count). The molecule has 1 atom stereocenters. The molecule has 0 aromatic heterocycles. The van der Waals surface area contributed by atoms with Crippen molar-refractivity contribution in [3.05, 3.63) is 0 Å². The van der Waals surface area contributed by atoms with Gasteiger partial charge in [0.2, 0.25) is 11.8 Å². The van der Waals surface area contributed by atoms with Crippen LogP contribution in [0.2, 0.25) is 0 Å². The van der Waals surface area contributed by atoms with Crippen molar-refractivity contribution in [2.45, 2.75) is 277 Å². The summed E-state index contributed by atoms with van der Waals surface area (Å²) < 4.78 is 0. The smallest absolute Gasteiger partial charge is 0.326 e. The van der Waals surface area contributed by atoms with Gasteiger partial charge in [0, 0.05) is 12.8 Å². The third-order valence-corrected chi connectivity index (χ3v) is 11.1. The standard InChI is InChI=1S/C30H58N2O4.C18H39N/c1-3-5-7-9-11-13-15-17-19-24-28(33)32(27(30(35)36)23-21-22-26-31)29(34)25-20-18-16-14-12-10-8-6-4-2;1-2-3-4-5-6-7-8-9-10-11-12-13-14-15-16-17-18-19/h27H,3-26,31H2,1-2H3,(H,35,36);2-19H2,1H3/t27-;/m0./s1. The van der Waals surface area contributed by atoms with Gasteiger partial charge >= 0.3 is 5.97 Å². The zero-order valence-corrected chi connectivity index (χ0v) is 37.3. The predicted molar refractivity (Wildman–Crippen MR) is 238 cm³/mol. The van der Waals surface area contributed by atoms with E-state index in [0.29, 0.717) is 32.2 Å². The summed E-state index contributed by atoms with van der Waals surface area (Å²) in [5.74, 6) is -1.73. The second-order valence-electron chi connectivity index (χ2n) is 16.5. The molecule has 0 aliphatic rings. The number of hydrogen-bond donors (Lipinski definition) is 3. The molecule has 0 heterocycles. The SMILES string of the molecule is CCCCCCCCCCCC(=O)N(C(=O)CCCCCCCCCCC)[C@@H](CCCCN)C(=O)O.CCCCCCCCCCCCCCCCCCN. The summed E-state index contributed by atoms with van der Waals surface area (Å²) in [5.41, 5.74) is 11.1. The van der Waals surface area contributed by atoms with E-state index in [9.17, 15) is 19.5 Å². The van der Waals surface area contributed by atoms with Crippen molar-refractivity contribution in [2.24, 2.45) is 11.5 Å². The van der Waals surface area contributed by atoms with Crippen LogP contribution in [0.3, 0.4) is 0 Å². The lowest BCUT2D eigenvalue weighted by Crippen LogP contribution is -2.48. The number of unbranched alkanes of at least 4 members (excludes halogenated alkanes) is 32. The Bertz CT molecular complexity index is 758. The van der Waals surface area contributed by atoms with Crippen molar-refractivity contribution < 1.29 is 19.5 Å². The van der Waals surface area contributed by atoms with E-state index in [1.807, 2.05) is 0 Å². The average molecular weight is 780 g/mol. The van der Waals surface area contributed by atoms with Crippen LogP contribution in [0, 0.1) is 0 Å². The molecule has 55 heavy (non-hydrogen) atoms. The van der Waals surface area contributed by atoms with Gasteiger partial charge in [-0.25, -0.2) is 4.79 Å². The van der Waals surface area contributed by atoms with Gasteiger partial charge in [-0.1, -0.05) is 220 Å². The minimum absolute atomic E-state index is 0.250. The molecule has 0 radical (unpaired) electrons.